The van der Waals surface area contributed by atoms with Crippen molar-refractivity contribution in [3.05, 3.63) is 21.7 Å². The highest BCUT2D eigenvalue weighted by molar-refractivity contribution is 7.18. The maximum Gasteiger partial charge on any atom is 0.342 e. The average Bonchev–Trinajstić information content (AvgIpc) is 2.83. The number of aryl methyl sites for hydroxylation is 2. The van der Waals surface area contributed by atoms with E-state index in [9.17, 15) is 9.59 Å². The molecule has 2 aromatic heterocycles. The fraction of sp³-hybridized carbons (Fsp3) is 0.471. The van der Waals surface area contributed by atoms with Crippen LogP contribution in [-0.2, 0) is 27.1 Å². The van der Waals surface area contributed by atoms with Crippen LogP contribution in [0.15, 0.2) is 0 Å². The Balaban J connectivity index is 2.68. The lowest BCUT2D eigenvalue weighted by Crippen LogP contribution is -2.17. The third-order valence-electron chi connectivity index (χ3n) is 3.70. The predicted octanol–water partition coefficient (Wildman–Crippen LogP) is 3.03. The number of nitrogens with two attached hydrogens (primary N) is 1. The molecule has 2 aromatic rings. The highest BCUT2D eigenvalue weighted by Crippen LogP contribution is 2.37. The fourth-order valence-corrected chi connectivity index (χ4v) is 3.86. The summed E-state index contributed by atoms with van der Waals surface area (Å²) in [5.74, 6) is -1.01. The molecule has 0 spiro atoms. The summed E-state index contributed by atoms with van der Waals surface area (Å²) in [4.78, 5) is 30.6. The Hall–Kier alpha value is -2.15. The van der Waals surface area contributed by atoms with E-state index in [-0.39, 0.29) is 25.2 Å². The molecule has 2 N–H and O–H groups in total. The molecule has 0 saturated heterocycles. The molecular formula is C17H22N2O4S. The van der Waals surface area contributed by atoms with Gasteiger partial charge < -0.3 is 15.2 Å². The number of nitrogen functional groups attached to an aromatic ring is 1. The molecule has 2 heterocycles. The van der Waals surface area contributed by atoms with Gasteiger partial charge in [-0.25, -0.2) is 9.78 Å². The molecule has 2 rings (SSSR count). The molecule has 0 aliphatic carbocycles. The quantitative estimate of drug-likeness (QED) is 0.805. The third kappa shape index (κ3) is 3.36. The summed E-state index contributed by atoms with van der Waals surface area (Å²) in [7, 11) is 0. The molecule has 0 aliphatic heterocycles. The first-order valence-electron chi connectivity index (χ1n) is 7.97. The molecule has 130 valence electrons. The Morgan fingerprint density at radius 1 is 1.17 bits per heavy atom. The lowest BCUT2D eigenvalue weighted by molar-refractivity contribution is -0.142. The van der Waals surface area contributed by atoms with E-state index < -0.39 is 11.9 Å². The van der Waals surface area contributed by atoms with E-state index >= 15 is 0 Å². The van der Waals surface area contributed by atoms with Crippen LogP contribution in [0.25, 0.3) is 10.2 Å². The number of anilines is 1. The Bertz CT molecular complexity index is 783. The molecule has 0 aliphatic rings. The fourth-order valence-electron chi connectivity index (χ4n) is 2.71. The Kier molecular flexibility index (Phi) is 5.77. The van der Waals surface area contributed by atoms with Gasteiger partial charge in [-0.05, 0) is 32.8 Å². The molecule has 0 unspecified atom stereocenters. The zero-order chi connectivity index (χ0) is 17.9. The van der Waals surface area contributed by atoms with Crippen molar-refractivity contribution in [2.24, 2.45) is 0 Å². The van der Waals surface area contributed by atoms with Gasteiger partial charge in [-0.1, -0.05) is 6.92 Å². The normalized spacial score (nSPS) is 10.8. The van der Waals surface area contributed by atoms with Crippen LogP contribution in [0.5, 0.6) is 0 Å². The number of carbonyl (C=O) groups excluding carboxylic acids is 2. The minimum atomic E-state index is -0.561. The topological polar surface area (TPSA) is 91.5 Å². The van der Waals surface area contributed by atoms with Crippen molar-refractivity contribution in [1.82, 2.24) is 4.98 Å². The van der Waals surface area contributed by atoms with Crippen LogP contribution in [0.4, 0.5) is 5.69 Å². The SMILES string of the molecule is CCOC(=O)Cc1nc2sc(C)c(CC)c2c(N)c1C(=O)OCC. The van der Waals surface area contributed by atoms with Gasteiger partial charge in [0, 0.05) is 10.3 Å². The minimum absolute atomic E-state index is 0.111. The number of hydrogen-bond acceptors (Lipinski definition) is 7. The lowest BCUT2D eigenvalue weighted by atomic mass is 10.0. The van der Waals surface area contributed by atoms with E-state index in [0.717, 1.165) is 27.1 Å². The van der Waals surface area contributed by atoms with Crippen LogP contribution in [0, 0.1) is 6.92 Å². The second-order valence-corrected chi connectivity index (χ2v) is 6.42. The highest BCUT2D eigenvalue weighted by Gasteiger charge is 2.25. The number of pyridine rings is 1. The first kappa shape index (κ1) is 18.2. The van der Waals surface area contributed by atoms with Crippen molar-refractivity contribution < 1.29 is 19.1 Å². The van der Waals surface area contributed by atoms with E-state index in [1.807, 2.05) is 13.8 Å². The van der Waals surface area contributed by atoms with Gasteiger partial charge in [0.25, 0.3) is 0 Å². The van der Waals surface area contributed by atoms with Gasteiger partial charge in [-0.3, -0.25) is 4.79 Å². The zero-order valence-corrected chi connectivity index (χ0v) is 15.2. The largest absolute Gasteiger partial charge is 0.466 e. The molecule has 0 amide bonds. The number of thiophene rings is 1. The van der Waals surface area contributed by atoms with Gasteiger partial charge >= 0.3 is 11.9 Å². The summed E-state index contributed by atoms with van der Waals surface area (Å²) >= 11 is 1.51. The summed E-state index contributed by atoms with van der Waals surface area (Å²) in [6.45, 7) is 7.97. The summed E-state index contributed by atoms with van der Waals surface area (Å²) in [6, 6.07) is 0. The van der Waals surface area contributed by atoms with E-state index in [4.69, 9.17) is 15.2 Å². The first-order chi connectivity index (χ1) is 11.4. The number of carbonyl (C=O) groups is 2. The average molecular weight is 350 g/mol. The molecule has 7 heteroatoms. The number of esters is 2. The maximum absolute atomic E-state index is 12.4. The predicted molar refractivity (Wildman–Crippen MR) is 94.4 cm³/mol. The van der Waals surface area contributed by atoms with Gasteiger partial charge in [0.05, 0.1) is 31.0 Å². The number of nitrogens with zero attached hydrogens (tertiary/aromatic N) is 1. The smallest absolute Gasteiger partial charge is 0.342 e. The molecule has 0 radical (unpaired) electrons. The van der Waals surface area contributed by atoms with Crippen LogP contribution < -0.4 is 5.73 Å². The molecule has 0 saturated carbocycles. The summed E-state index contributed by atoms with van der Waals surface area (Å²) in [5, 5.41) is 0.788. The number of rotatable bonds is 6. The van der Waals surface area contributed by atoms with Crippen LogP contribution in [0.3, 0.4) is 0 Å². The molecule has 0 aromatic carbocycles. The monoisotopic (exact) mass is 350 g/mol. The standard InChI is InChI=1S/C17H22N2O4S/c1-5-10-9(4)24-16-13(10)15(18)14(17(21)23-7-3)11(19-16)8-12(20)22-6-2/h5-8H2,1-4H3,(H2,18,19). The number of aromatic nitrogens is 1. The van der Waals surface area contributed by atoms with Crippen molar-refractivity contribution in [3.8, 4) is 0 Å². The van der Waals surface area contributed by atoms with Crippen LogP contribution in [0.1, 0.15) is 47.3 Å². The van der Waals surface area contributed by atoms with E-state index in [1.54, 1.807) is 13.8 Å². The molecule has 24 heavy (non-hydrogen) atoms. The second-order valence-electron chi connectivity index (χ2n) is 5.22. The van der Waals surface area contributed by atoms with E-state index in [0.29, 0.717) is 11.4 Å². The summed E-state index contributed by atoms with van der Waals surface area (Å²) in [5.41, 5.74) is 8.19. The Labute approximate surface area is 145 Å². The van der Waals surface area contributed by atoms with Crippen molar-refractivity contribution in [3.63, 3.8) is 0 Å². The molecule has 0 fully saturated rings. The van der Waals surface area contributed by atoms with Gasteiger partial charge in [0.15, 0.2) is 0 Å². The molecular weight excluding hydrogens is 328 g/mol. The van der Waals surface area contributed by atoms with Crippen LogP contribution in [-0.4, -0.2) is 30.1 Å². The Morgan fingerprint density at radius 2 is 1.83 bits per heavy atom. The number of hydrogen-bond donors (Lipinski definition) is 1. The number of ether oxygens (including phenoxy) is 2. The van der Waals surface area contributed by atoms with Gasteiger partial charge in [-0.15, -0.1) is 11.3 Å². The maximum atomic E-state index is 12.4. The van der Waals surface area contributed by atoms with Gasteiger partial charge in [0.1, 0.15) is 10.4 Å². The minimum Gasteiger partial charge on any atom is -0.466 e. The highest BCUT2D eigenvalue weighted by atomic mass is 32.1. The molecule has 6 nitrogen and oxygen atoms in total. The van der Waals surface area contributed by atoms with Crippen molar-refractivity contribution >= 4 is 39.2 Å². The van der Waals surface area contributed by atoms with Gasteiger partial charge in [0.2, 0.25) is 0 Å². The van der Waals surface area contributed by atoms with Gasteiger partial charge in [-0.2, -0.15) is 0 Å². The van der Waals surface area contributed by atoms with E-state index in [2.05, 4.69) is 4.98 Å². The van der Waals surface area contributed by atoms with E-state index in [1.165, 1.54) is 11.3 Å². The Morgan fingerprint density at radius 3 is 2.42 bits per heavy atom. The van der Waals surface area contributed by atoms with Crippen molar-refractivity contribution in [2.45, 2.75) is 40.5 Å². The summed E-state index contributed by atoms with van der Waals surface area (Å²) < 4.78 is 10.1. The van der Waals surface area contributed by atoms with Crippen molar-refractivity contribution in [1.29, 1.82) is 0 Å². The number of fused-ring (bicyclic) bond motifs is 1. The zero-order valence-electron chi connectivity index (χ0n) is 14.4. The third-order valence-corrected chi connectivity index (χ3v) is 4.75. The van der Waals surface area contributed by atoms with Crippen LogP contribution in [0.2, 0.25) is 0 Å². The van der Waals surface area contributed by atoms with Crippen LogP contribution >= 0.6 is 11.3 Å². The van der Waals surface area contributed by atoms with Crippen molar-refractivity contribution in [2.75, 3.05) is 18.9 Å². The first-order valence-corrected chi connectivity index (χ1v) is 8.79. The molecule has 0 atom stereocenters. The molecule has 0 bridgehead atoms. The second kappa shape index (κ2) is 7.61. The lowest BCUT2D eigenvalue weighted by Gasteiger charge is -2.12. The summed E-state index contributed by atoms with van der Waals surface area (Å²) in [6.07, 6.45) is 0.678.